The molecule has 0 unspecified atom stereocenters. The lowest BCUT2D eigenvalue weighted by Gasteiger charge is -2.38. The first kappa shape index (κ1) is 15.4. The number of carbonyl (C=O) groups excluding carboxylic acids is 2. The maximum atomic E-state index is 13.0. The number of ketones is 1. The largest absolute Gasteiger partial charge is 0.486 e. The monoisotopic (exact) mass is 340 g/mol. The number of benzene rings is 1. The molecule has 1 saturated heterocycles. The summed E-state index contributed by atoms with van der Waals surface area (Å²) in [4.78, 5) is 29.9. The minimum atomic E-state index is -0.441. The van der Waals surface area contributed by atoms with E-state index in [-0.39, 0.29) is 23.5 Å². The number of hydrogen-bond acceptors (Lipinski definition) is 4. The van der Waals surface area contributed by atoms with Gasteiger partial charge < -0.3 is 14.5 Å². The Hall–Kier alpha value is -1.88. The van der Waals surface area contributed by atoms with Gasteiger partial charge in [-0.1, -0.05) is 12.1 Å². The average Bonchev–Trinajstić information content (AvgIpc) is 3.26. The van der Waals surface area contributed by atoms with Crippen molar-refractivity contribution < 1.29 is 14.3 Å². The zero-order valence-electron chi connectivity index (χ0n) is 14.6. The summed E-state index contributed by atoms with van der Waals surface area (Å²) in [6.07, 6.45) is 2.33. The van der Waals surface area contributed by atoms with E-state index in [2.05, 4.69) is 11.9 Å². The van der Waals surface area contributed by atoms with Crippen LogP contribution in [0.2, 0.25) is 0 Å². The summed E-state index contributed by atoms with van der Waals surface area (Å²) in [5.74, 6) is 1.85. The Morgan fingerprint density at radius 2 is 1.96 bits per heavy atom. The predicted molar refractivity (Wildman–Crippen MR) is 92.5 cm³/mol. The fourth-order valence-electron chi connectivity index (χ4n) is 5.34. The molecular formula is C20H24N2O3. The molecule has 1 amide bonds. The molecule has 2 saturated carbocycles. The highest BCUT2D eigenvalue weighted by atomic mass is 16.5. The molecule has 2 aliphatic carbocycles. The van der Waals surface area contributed by atoms with Gasteiger partial charge in [0.15, 0.2) is 5.78 Å². The molecule has 132 valence electrons. The van der Waals surface area contributed by atoms with Crippen molar-refractivity contribution in [2.24, 2.45) is 17.8 Å². The van der Waals surface area contributed by atoms with E-state index in [9.17, 15) is 9.59 Å². The van der Waals surface area contributed by atoms with E-state index in [1.165, 1.54) is 0 Å². The van der Waals surface area contributed by atoms with Crippen LogP contribution < -0.4 is 4.74 Å². The number of rotatable bonds is 1. The second-order valence-corrected chi connectivity index (χ2v) is 8.15. The van der Waals surface area contributed by atoms with Crippen molar-refractivity contribution in [1.29, 1.82) is 0 Å². The Balaban J connectivity index is 1.36. The van der Waals surface area contributed by atoms with Crippen molar-refractivity contribution >= 4 is 11.7 Å². The predicted octanol–water partition coefficient (Wildman–Crippen LogP) is 1.82. The molecular weight excluding hydrogens is 316 g/mol. The quantitative estimate of drug-likeness (QED) is 0.782. The van der Waals surface area contributed by atoms with Gasteiger partial charge in [-0.25, -0.2) is 0 Å². The summed E-state index contributed by atoms with van der Waals surface area (Å²) in [5.41, 5.74) is 0.252. The standard InChI is InChI=1S/C20H24N2O3/c1-21-8-10-22(11-9-21)19(24)17-14-6-7-20(18(14)17)12-15(23)13-4-2-3-5-16(13)25-20/h2-5,14,17-18H,6-12H2,1H3/t14-,17-,18+,20-/m1/s1. The fraction of sp³-hybridized carbons (Fsp3) is 0.600. The number of hydrogen-bond donors (Lipinski definition) is 0. The zero-order valence-corrected chi connectivity index (χ0v) is 14.6. The molecule has 5 nitrogen and oxygen atoms in total. The molecule has 0 aromatic heterocycles. The van der Waals surface area contributed by atoms with E-state index in [0.29, 0.717) is 23.7 Å². The third kappa shape index (κ3) is 2.25. The van der Waals surface area contributed by atoms with E-state index in [4.69, 9.17) is 4.74 Å². The first-order valence-electron chi connectivity index (χ1n) is 9.38. The normalized spacial score (nSPS) is 36.8. The number of Topliss-reactive ketones (excluding diaryl/α,β-unsaturated/α-hetero) is 1. The number of para-hydroxylation sites is 1. The SMILES string of the molecule is CN1CCN(C(=O)[C@@H]2[C@H]3CC[C@@]4(CC(=O)c5ccccc5O4)[C@@H]32)CC1. The summed E-state index contributed by atoms with van der Waals surface area (Å²) in [6.45, 7) is 3.53. The first-order valence-corrected chi connectivity index (χ1v) is 9.38. The van der Waals surface area contributed by atoms with Crippen molar-refractivity contribution in [2.45, 2.75) is 24.9 Å². The highest BCUT2D eigenvalue weighted by molar-refractivity contribution is 6.00. The summed E-state index contributed by atoms with van der Waals surface area (Å²) in [6, 6.07) is 7.53. The zero-order chi connectivity index (χ0) is 17.2. The highest BCUT2D eigenvalue weighted by Crippen LogP contribution is 2.66. The van der Waals surface area contributed by atoms with Crippen LogP contribution in [0.5, 0.6) is 5.75 Å². The van der Waals surface area contributed by atoms with Crippen molar-refractivity contribution in [3.05, 3.63) is 29.8 Å². The van der Waals surface area contributed by atoms with Crippen LogP contribution in [0.3, 0.4) is 0 Å². The fourth-order valence-corrected chi connectivity index (χ4v) is 5.34. The molecule has 0 N–H and O–H groups in total. The molecule has 2 aliphatic heterocycles. The van der Waals surface area contributed by atoms with Crippen molar-refractivity contribution in [3.8, 4) is 5.75 Å². The number of nitrogens with zero attached hydrogens (tertiary/aromatic N) is 2. The van der Waals surface area contributed by atoms with Gasteiger partial charge in [0, 0.05) is 38.0 Å². The molecule has 2 heterocycles. The number of likely N-dealkylation sites (N-methyl/N-ethyl adjacent to an activating group) is 1. The second kappa shape index (κ2) is 5.31. The van der Waals surface area contributed by atoms with Crippen LogP contribution in [0.4, 0.5) is 0 Å². The molecule has 5 rings (SSSR count). The van der Waals surface area contributed by atoms with Crippen LogP contribution >= 0.6 is 0 Å². The van der Waals surface area contributed by atoms with Crippen molar-refractivity contribution in [2.75, 3.05) is 33.2 Å². The lowest BCUT2D eigenvalue weighted by molar-refractivity contribution is -0.136. The summed E-state index contributed by atoms with van der Waals surface area (Å²) >= 11 is 0. The maximum absolute atomic E-state index is 13.0. The Bertz CT molecular complexity index is 740. The van der Waals surface area contributed by atoms with Gasteiger partial charge in [0.05, 0.1) is 12.0 Å². The molecule has 4 atom stereocenters. The summed E-state index contributed by atoms with van der Waals surface area (Å²) in [5, 5.41) is 0. The van der Waals surface area contributed by atoms with Crippen LogP contribution in [-0.4, -0.2) is 60.3 Å². The summed E-state index contributed by atoms with van der Waals surface area (Å²) in [7, 11) is 2.10. The van der Waals surface area contributed by atoms with Crippen molar-refractivity contribution in [3.63, 3.8) is 0 Å². The number of piperazine rings is 1. The molecule has 4 aliphatic rings. The van der Waals surface area contributed by atoms with Gasteiger partial charge in [0.2, 0.25) is 5.91 Å². The van der Waals surface area contributed by atoms with E-state index < -0.39 is 5.60 Å². The van der Waals surface area contributed by atoms with Gasteiger partial charge in [0.1, 0.15) is 11.4 Å². The number of ether oxygens (including phenoxy) is 1. The lowest BCUT2D eigenvalue weighted by Crippen LogP contribution is -2.49. The number of amides is 1. The maximum Gasteiger partial charge on any atom is 0.226 e. The topological polar surface area (TPSA) is 49.9 Å². The average molecular weight is 340 g/mol. The van der Waals surface area contributed by atoms with Gasteiger partial charge in [-0.15, -0.1) is 0 Å². The van der Waals surface area contributed by atoms with Crippen LogP contribution in [0.15, 0.2) is 24.3 Å². The van der Waals surface area contributed by atoms with Gasteiger partial charge in [0.25, 0.3) is 0 Å². The summed E-state index contributed by atoms with van der Waals surface area (Å²) < 4.78 is 6.39. The Morgan fingerprint density at radius 1 is 1.20 bits per heavy atom. The van der Waals surface area contributed by atoms with E-state index in [1.807, 2.05) is 29.2 Å². The molecule has 25 heavy (non-hydrogen) atoms. The second-order valence-electron chi connectivity index (χ2n) is 8.15. The van der Waals surface area contributed by atoms with E-state index in [1.54, 1.807) is 0 Å². The van der Waals surface area contributed by atoms with Crippen LogP contribution in [-0.2, 0) is 4.79 Å². The minimum Gasteiger partial charge on any atom is -0.486 e. The number of fused-ring (bicyclic) bond motifs is 3. The molecule has 5 heteroatoms. The van der Waals surface area contributed by atoms with Gasteiger partial charge >= 0.3 is 0 Å². The van der Waals surface area contributed by atoms with Gasteiger partial charge in [-0.2, -0.15) is 0 Å². The Morgan fingerprint density at radius 3 is 2.76 bits per heavy atom. The minimum absolute atomic E-state index is 0.0650. The third-order valence-electron chi connectivity index (χ3n) is 6.74. The van der Waals surface area contributed by atoms with Crippen molar-refractivity contribution in [1.82, 2.24) is 9.80 Å². The van der Waals surface area contributed by atoms with E-state index in [0.717, 1.165) is 39.0 Å². The third-order valence-corrected chi connectivity index (χ3v) is 6.74. The first-order chi connectivity index (χ1) is 12.1. The Labute approximate surface area is 147 Å². The highest BCUT2D eigenvalue weighted by Gasteiger charge is 2.71. The lowest BCUT2D eigenvalue weighted by atomic mass is 9.84. The smallest absolute Gasteiger partial charge is 0.226 e. The molecule has 1 aromatic carbocycles. The molecule has 1 aromatic rings. The van der Waals surface area contributed by atoms with E-state index >= 15 is 0 Å². The van der Waals surface area contributed by atoms with Gasteiger partial charge in [-0.05, 0) is 37.9 Å². The molecule has 3 fully saturated rings. The van der Waals surface area contributed by atoms with Gasteiger partial charge in [-0.3, -0.25) is 9.59 Å². The van der Waals surface area contributed by atoms with Crippen LogP contribution in [0, 0.1) is 17.8 Å². The number of carbonyl (C=O) groups is 2. The van der Waals surface area contributed by atoms with Crippen LogP contribution in [0.1, 0.15) is 29.6 Å². The molecule has 0 bridgehead atoms. The van der Waals surface area contributed by atoms with Crippen LogP contribution in [0.25, 0.3) is 0 Å². The Kier molecular flexibility index (Phi) is 3.26. The molecule has 0 radical (unpaired) electrons. The molecule has 1 spiro atoms.